The molecule has 0 N–H and O–H groups in total. The van der Waals surface area contributed by atoms with Crippen molar-refractivity contribution in [1.82, 2.24) is 0 Å². The minimum atomic E-state index is -4.27. The Morgan fingerprint density at radius 1 is 0.615 bits per heavy atom. The van der Waals surface area contributed by atoms with E-state index in [0.29, 0.717) is 6.61 Å². The second-order valence-electron chi connectivity index (χ2n) is 10.1. The van der Waals surface area contributed by atoms with Crippen LogP contribution in [0.5, 0.6) is 0 Å². The molecule has 0 aliphatic rings. The van der Waals surface area contributed by atoms with E-state index >= 15 is 0 Å². The van der Waals surface area contributed by atoms with E-state index in [9.17, 15) is 22.6 Å². The van der Waals surface area contributed by atoms with Crippen LogP contribution in [0.4, 0.5) is 0 Å². The van der Waals surface area contributed by atoms with Crippen molar-refractivity contribution in [3.63, 3.8) is 0 Å². The quantitative estimate of drug-likeness (QED) is 0.0747. The number of carbonyl (C=O) groups is 2. The van der Waals surface area contributed by atoms with Gasteiger partial charge in [-0.15, -0.1) is 0 Å². The fraction of sp³-hybridized carbons (Fsp3) is 0.733. The summed E-state index contributed by atoms with van der Waals surface area (Å²) in [6, 6.07) is 6.31. The Hall–Kier alpha value is -0.294. The maximum absolute atomic E-state index is 12.5. The van der Waals surface area contributed by atoms with Crippen LogP contribution in [0.1, 0.15) is 143 Å². The van der Waals surface area contributed by atoms with Crippen molar-refractivity contribution < 1.29 is 83.4 Å². The molecule has 218 valence electrons. The molecule has 7 nitrogen and oxygen atoms in total. The number of unbranched alkanes of at least 4 members (excludes halogenated alkanes) is 16. The van der Waals surface area contributed by atoms with E-state index in [1.54, 1.807) is 12.1 Å². The maximum atomic E-state index is 12.5. The molecule has 0 radical (unpaired) electrons. The van der Waals surface area contributed by atoms with Crippen LogP contribution >= 0.6 is 0 Å². The molecule has 0 heterocycles. The molecule has 0 atom stereocenters. The number of ether oxygens (including phenoxy) is 2. The number of hydrogen-bond acceptors (Lipinski definition) is 7. The van der Waals surface area contributed by atoms with E-state index < -0.39 is 27.8 Å². The number of carbonyl (C=O) groups excluding carboxylic acids is 2. The van der Waals surface area contributed by atoms with Gasteiger partial charge < -0.3 is 14.0 Å². The van der Waals surface area contributed by atoms with E-state index in [1.807, 2.05) is 0 Å². The van der Waals surface area contributed by atoms with Gasteiger partial charge in [0.1, 0.15) is 0 Å². The normalized spacial score (nSPS) is 11.1. The van der Waals surface area contributed by atoms with Crippen LogP contribution in [0.15, 0.2) is 24.3 Å². The summed E-state index contributed by atoms with van der Waals surface area (Å²) < 4.78 is 42.4. The van der Waals surface area contributed by atoms with Gasteiger partial charge in [0.2, 0.25) is 0 Å². The van der Waals surface area contributed by atoms with Crippen molar-refractivity contribution in [2.75, 3.05) is 19.0 Å². The molecule has 0 amide bonds. The first kappa shape index (κ1) is 38.7. The monoisotopic (exact) mass is 592 g/mol. The van der Waals surface area contributed by atoms with E-state index in [-0.39, 0.29) is 82.0 Å². The molecule has 1 rings (SSSR count). The van der Waals surface area contributed by atoms with Crippen molar-refractivity contribution in [2.24, 2.45) is 0 Å². The zero-order valence-electron chi connectivity index (χ0n) is 24.4. The molecule has 1 aromatic carbocycles. The average Bonchev–Trinajstić information content (AvgIpc) is 2.89. The zero-order chi connectivity index (χ0) is 27.9. The van der Waals surface area contributed by atoms with Gasteiger partial charge in [0.05, 0.1) is 34.5 Å². The summed E-state index contributed by atoms with van der Waals surface area (Å²) in [7, 11) is -4.27. The summed E-state index contributed by atoms with van der Waals surface area (Å²) in [5.41, 5.74) is 0.261. The van der Waals surface area contributed by atoms with Crippen molar-refractivity contribution in [3.05, 3.63) is 35.4 Å². The van der Waals surface area contributed by atoms with E-state index in [0.717, 1.165) is 19.3 Å². The fourth-order valence-electron chi connectivity index (χ4n) is 4.36. The Labute approximate surface area is 279 Å². The topological polar surface area (TPSA) is 110 Å². The molecule has 9 heteroatoms. The van der Waals surface area contributed by atoms with E-state index in [2.05, 4.69) is 6.92 Å². The zero-order valence-corrected chi connectivity index (χ0v) is 28.4. The molecule has 0 bridgehead atoms. The van der Waals surface area contributed by atoms with E-state index in [1.165, 1.54) is 95.6 Å². The number of rotatable bonds is 24. The molecule has 0 spiro atoms. The molecule has 0 saturated heterocycles. The molecular weight excluding hydrogens is 543 g/mol. The largest absolute Gasteiger partial charge is 1.00 e. The third-order valence-electron chi connectivity index (χ3n) is 6.62. The fourth-order valence-corrected chi connectivity index (χ4v) is 4.91. The third kappa shape index (κ3) is 22.0. The van der Waals surface area contributed by atoms with Crippen LogP contribution in [0.25, 0.3) is 0 Å². The maximum Gasteiger partial charge on any atom is 1.00 e. The molecule has 0 fully saturated rings. The van der Waals surface area contributed by atoms with E-state index in [4.69, 9.17) is 9.47 Å². The summed E-state index contributed by atoms with van der Waals surface area (Å²) in [6.45, 7) is 2.54. The van der Waals surface area contributed by atoms with Crippen LogP contribution in [-0.4, -0.2) is 43.9 Å². The van der Waals surface area contributed by atoms with Gasteiger partial charge in [0.15, 0.2) is 0 Å². The molecule has 0 aromatic heterocycles. The summed E-state index contributed by atoms with van der Waals surface area (Å²) in [5.74, 6) is -1.73. The van der Waals surface area contributed by atoms with Crippen molar-refractivity contribution >= 4 is 22.1 Å². The third-order valence-corrected chi connectivity index (χ3v) is 7.41. The van der Waals surface area contributed by atoms with Crippen LogP contribution in [0.3, 0.4) is 0 Å². The van der Waals surface area contributed by atoms with Crippen molar-refractivity contribution in [1.29, 1.82) is 0 Å². The summed E-state index contributed by atoms with van der Waals surface area (Å²) >= 11 is 0. The van der Waals surface area contributed by atoms with Gasteiger partial charge >= 0.3 is 63.3 Å². The first-order valence-electron chi connectivity index (χ1n) is 14.7. The SMILES string of the molecule is CCCCCCCCCCCCCCCCCCOC(=O)c1ccccc1C(=O)OCCCCS(=O)(=O)[O-].[K+]. The first-order chi connectivity index (χ1) is 18.3. The summed E-state index contributed by atoms with van der Waals surface area (Å²) in [4.78, 5) is 24.8. The van der Waals surface area contributed by atoms with Gasteiger partial charge in [0, 0.05) is 5.75 Å². The predicted molar refractivity (Wildman–Crippen MR) is 150 cm³/mol. The standard InChI is InChI=1S/C30H50O7S.K/c1-2-3-4-5-6-7-8-9-10-11-12-13-14-15-16-19-24-36-29(31)27-22-17-18-23-28(27)30(32)37-25-20-21-26-38(33,34)35;/h17-18,22-23H,2-16,19-21,24-26H2,1H3,(H,33,34,35);/q;+1/p-1. The van der Waals surface area contributed by atoms with Gasteiger partial charge in [0.25, 0.3) is 0 Å². The molecular formula is C30H49KO7S. The van der Waals surface area contributed by atoms with Gasteiger partial charge in [-0.1, -0.05) is 115 Å². The summed E-state index contributed by atoms with van der Waals surface area (Å²) in [6.07, 6.45) is 20.8. The van der Waals surface area contributed by atoms with Crippen LogP contribution in [0.2, 0.25) is 0 Å². The van der Waals surface area contributed by atoms with Crippen LogP contribution in [0, 0.1) is 0 Å². The number of esters is 2. The van der Waals surface area contributed by atoms with Gasteiger partial charge in [-0.05, 0) is 31.4 Å². The Kier molecular flexibility index (Phi) is 25.2. The molecule has 0 unspecified atom stereocenters. The second-order valence-corrected chi connectivity index (χ2v) is 11.6. The average molecular weight is 593 g/mol. The predicted octanol–water partition coefficient (Wildman–Crippen LogP) is 4.59. The van der Waals surface area contributed by atoms with Crippen LogP contribution in [-0.2, 0) is 19.6 Å². The molecule has 1 aromatic rings. The molecule has 0 aliphatic carbocycles. The minimum Gasteiger partial charge on any atom is -0.748 e. The van der Waals surface area contributed by atoms with Gasteiger partial charge in [-0.2, -0.15) is 0 Å². The van der Waals surface area contributed by atoms with Crippen LogP contribution < -0.4 is 51.4 Å². The Morgan fingerprint density at radius 2 is 0.949 bits per heavy atom. The smallest absolute Gasteiger partial charge is 0.748 e. The first-order valence-corrected chi connectivity index (χ1v) is 16.3. The molecule has 0 saturated carbocycles. The van der Waals surface area contributed by atoms with Gasteiger partial charge in [-0.25, -0.2) is 18.0 Å². The Bertz CT molecular complexity index is 874. The van der Waals surface area contributed by atoms with Crippen molar-refractivity contribution in [3.8, 4) is 0 Å². The second kappa shape index (κ2) is 25.4. The Morgan fingerprint density at radius 3 is 1.31 bits per heavy atom. The molecule has 39 heavy (non-hydrogen) atoms. The summed E-state index contributed by atoms with van der Waals surface area (Å²) in [5, 5.41) is 0. The number of hydrogen-bond donors (Lipinski definition) is 0. The minimum absolute atomic E-state index is 0. The molecule has 0 aliphatic heterocycles. The van der Waals surface area contributed by atoms with Crippen molar-refractivity contribution in [2.45, 2.75) is 122 Å². The van der Waals surface area contributed by atoms with Gasteiger partial charge in [-0.3, -0.25) is 0 Å². The number of benzene rings is 1. The Balaban J connectivity index is 0.0000144.